The van der Waals surface area contributed by atoms with Gasteiger partial charge in [0.1, 0.15) is 11.8 Å². The van der Waals surface area contributed by atoms with Gasteiger partial charge in [0, 0.05) is 0 Å². The molecule has 2 aromatic heterocycles. The normalized spacial score (nSPS) is 27.2. The summed E-state index contributed by atoms with van der Waals surface area (Å²) in [5.41, 5.74) is 7.09. The summed E-state index contributed by atoms with van der Waals surface area (Å²) in [6.45, 7) is 2.86. The van der Waals surface area contributed by atoms with E-state index < -0.39 is 0 Å². The zero-order chi connectivity index (χ0) is 13.4. The molecule has 0 radical (unpaired) electrons. The summed E-state index contributed by atoms with van der Waals surface area (Å²) >= 11 is 0. The van der Waals surface area contributed by atoms with Gasteiger partial charge in [0.05, 0.1) is 31.7 Å². The van der Waals surface area contributed by atoms with Crippen LogP contribution in [-0.4, -0.2) is 43.4 Å². The SMILES string of the molecule is C[C@H]1C[C@@H](CO)OC1Cn1cnc2c(N)ncnc21. The Balaban J connectivity index is 1.84. The van der Waals surface area contributed by atoms with Crippen molar-refractivity contribution < 1.29 is 9.84 Å². The van der Waals surface area contributed by atoms with Crippen LogP contribution in [0.25, 0.3) is 11.2 Å². The summed E-state index contributed by atoms with van der Waals surface area (Å²) in [4.78, 5) is 12.4. The van der Waals surface area contributed by atoms with E-state index in [0.29, 0.717) is 23.8 Å². The Bertz CT molecular complexity index is 585. The van der Waals surface area contributed by atoms with Crippen molar-refractivity contribution in [3.8, 4) is 0 Å². The third kappa shape index (κ3) is 2.15. The lowest BCUT2D eigenvalue weighted by Crippen LogP contribution is -2.22. The zero-order valence-corrected chi connectivity index (χ0v) is 10.7. The fourth-order valence-electron chi connectivity index (χ4n) is 2.57. The molecular formula is C12H17N5O2. The van der Waals surface area contributed by atoms with Crippen LogP contribution < -0.4 is 5.73 Å². The lowest BCUT2D eigenvalue weighted by Gasteiger charge is -2.16. The lowest BCUT2D eigenvalue weighted by molar-refractivity contribution is -0.000778. The van der Waals surface area contributed by atoms with Crippen molar-refractivity contribution in [3.63, 3.8) is 0 Å². The third-order valence-corrected chi connectivity index (χ3v) is 3.65. The van der Waals surface area contributed by atoms with E-state index in [1.807, 2.05) is 4.57 Å². The van der Waals surface area contributed by atoms with Gasteiger partial charge in [-0.05, 0) is 12.3 Å². The number of rotatable bonds is 3. The zero-order valence-electron chi connectivity index (χ0n) is 10.7. The molecule has 1 fully saturated rings. The highest BCUT2D eigenvalue weighted by Crippen LogP contribution is 2.28. The molecule has 1 aliphatic heterocycles. The molecule has 1 unspecified atom stereocenters. The van der Waals surface area contributed by atoms with Crippen molar-refractivity contribution in [1.82, 2.24) is 19.5 Å². The number of imidazole rings is 1. The second kappa shape index (κ2) is 4.75. The maximum absolute atomic E-state index is 9.15. The minimum absolute atomic E-state index is 0.0607. The van der Waals surface area contributed by atoms with Crippen LogP contribution in [0.4, 0.5) is 5.82 Å². The molecule has 1 aliphatic rings. The van der Waals surface area contributed by atoms with Crippen LogP contribution in [0, 0.1) is 5.92 Å². The molecule has 7 nitrogen and oxygen atoms in total. The fraction of sp³-hybridized carbons (Fsp3) is 0.583. The molecular weight excluding hydrogens is 246 g/mol. The maximum atomic E-state index is 9.15. The first-order valence-electron chi connectivity index (χ1n) is 6.36. The van der Waals surface area contributed by atoms with E-state index >= 15 is 0 Å². The number of aliphatic hydroxyl groups is 1. The number of nitrogens with two attached hydrogens (primary N) is 1. The van der Waals surface area contributed by atoms with Gasteiger partial charge in [-0.3, -0.25) is 0 Å². The van der Waals surface area contributed by atoms with Crippen LogP contribution in [0.1, 0.15) is 13.3 Å². The number of nitrogen functional groups attached to an aromatic ring is 1. The molecule has 0 bridgehead atoms. The average Bonchev–Trinajstić information content (AvgIpc) is 2.96. The summed E-state index contributed by atoms with van der Waals surface area (Å²) in [7, 11) is 0. The Hall–Kier alpha value is -1.73. The van der Waals surface area contributed by atoms with Gasteiger partial charge in [0.25, 0.3) is 0 Å². The van der Waals surface area contributed by atoms with Crippen molar-refractivity contribution in [2.45, 2.75) is 32.1 Å². The minimum Gasteiger partial charge on any atom is -0.394 e. The molecule has 2 aromatic rings. The first kappa shape index (κ1) is 12.3. The van der Waals surface area contributed by atoms with E-state index in [4.69, 9.17) is 15.6 Å². The first-order valence-corrected chi connectivity index (χ1v) is 6.36. The lowest BCUT2D eigenvalue weighted by atomic mass is 10.0. The molecule has 7 heteroatoms. The number of anilines is 1. The number of aromatic nitrogens is 4. The van der Waals surface area contributed by atoms with Gasteiger partial charge >= 0.3 is 0 Å². The third-order valence-electron chi connectivity index (χ3n) is 3.65. The van der Waals surface area contributed by atoms with Crippen molar-refractivity contribution in [2.24, 2.45) is 5.92 Å². The Morgan fingerprint density at radius 1 is 1.47 bits per heavy atom. The average molecular weight is 263 g/mol. The largest absolute Gasteiger partial charge is 0.394 e. The minimum atomic E-state index is -0.0607. The molecule has 0 spiro atoms. The maximum Gasteiger partial charge on any atom is 0.165 e. The Morgan fingerprint density at radius 2 is 2.32 bits per heavy atom. The van der Waals surface area contributed by atoms with Crippen LogP contribution >= 0.6 is 0 Å². The van der Waals surface area contributed by atoms with Gasteiger partial charge in [-0.25, -0.2) is 15.0 Å². The van der Waals surface area contributed by atoms with Crippen LogP contribution in [0.2, 0.25) is 0 Å². The molecule has 1 saturated heterocycles. The number of fused-ring (bicyclic) bond motifs is 1. The van der Waals surface area contributed by atoms with Crippen molar-refractivity contribution in [3.05, 3.63) is 12.7 Å². The van der Waals surface area contributed by atoms with Gasteiger partial charge in [-0.15, -0.1) is 0 Å². The van der Waals surface area contributed by atoms with E-state index in [2.05, 4.69) is 21.9 Å². The molecule has 3 atom stereocenters. The molecule has 0 aromatic carbocycles. The van der Waals surface area contributed by atoms with E-state index in [0.717, 1.165) is 12.1 Å². The van der Waals surface area contributed by atoms with E-state index in [1.165, 1.54) is 6.33 Å². The molecule has 3 N–H and O–H groups in total. The van der Waals surface area contributed by atoms with Gasteiger partial charge < -0.3 is 20.1 Å². The molecule has 0 aliphatic carbocycles. The molecule has 0 amide bonds. The van der Waals surface area contributed by atoms with Crippen molar-refractivity contribution in [2.75, 3.05) is 12.3 Å². The Morgan fingerprint density at radius 3 is 3.05 bits per heavy atom. The summed E-state index contributed by atoms with van der Waals surface area (Å²) < 4.78 is 7.73. The van der Waals surface area contributed by atoms with E-state index in [1.54, 1.807) is 6.33 Å². The molecule has 19 heavy (non-hydrogen) atoms. The predicted octanol–water partition coefficient (Wildman–Crippen LogP) is 0.194. The van der Waals surface area contributed by atoms with Crippen LogP contribution in [0.3, 0.4) is 0 Å². The monoisotopic (exact) mass is 263 g/mol. The highest BCUT2D eigenvalue weighted by atomic mass is 16.5. The Labute approximate surface area is 110 Å². The number of nitrogens with zero attached hydrogens (tertiary/aromatic N) is 4. The standard InChI is InChI=1S/C12H17N5O2/c1-7-2-8(4-18)19-9(7)3-17-6-16-10-11(13)14-5-15-12(10)17/h5-9,18H,2-4H2,1H3,(H2,13,14,15)/t7-,8-,9?/m0/s1. The fourth-order valence-corrected chi connectivity index (χ4v) is 2.57. The van der Waals surface area contributed by atoms with Crippen LogP contribution in [-0.2, 0) is 11.3 Å². The first-order chi connectivity index (χ1) is 9.19. The smallest absolute Gasteiger partial charge is 0.165 e. The summed E-state index contributed by atoms with van der Waals surface area (Å²) in [5, 5.41) is 9.15. The number of aliphatic hydroxyl groups excluding tert-OH is 1. The predicted molar refractivity (Wildman–Crippen MR) is 69.3 cm³/mol. The van der Waals surface area contributed by atoms with Crippen molar-refractivity contribution in [1.29, 1.82) is 0 Å². The van der Waals surface area contributed by atoms with Gasteiger partial charge in [-0.2, -0.15) is 0 Å². The van der Waals surface area contributed by atoms with Gasteiger partial charge in [-0.1, -0.05) is 6.92 Å². The topological polar surface area (TPSA) is 99.1 Å². The number of ether oxygens (including phenoxy) is 1. The molecule has 0 saturated carbocycles. The molecule has 3 rings (SSSR count). The van der Waals surface area contributed by atoms with Gasteiger partial charge in [0.2, 0.25) is 0 Å². The second-order valence-electron chi connectivity index (χ2n) is 5.02. The molecule has 102 valence electrons. The Kier molecular flexibility index (Phi) is 3.08. The quantitative estimate of drug-likeness (QED) is 0.820. The molecule has 3 heterocycles. The summed E-state index contributed by atoms with van der Waals surface area (Å²) in [6.07, 6.45) is 4.02. The van der Waals surface area contributed by atoms with Crippen LogP contribution in [0.15, 0.2) is 12.7 Å². The number of hydrogen-bond acceptors (Lipinski definition) is 6. The summed E-state index contributed by atoms with van der Waals surface area (Å²) in [5.74, 6) is 0.783. The summed E-state index contributed by atoms with van der Waals surface area (Å²) in [6, 6.07) is 0. The highest BCUT2D eigenvalue weighted by molar-refractivity contribution is 5.81. The van der Waals surface area contributed by atoms with E-state index in [9.17, 15) is 0 Å². The van der Waals surface area contributed by atoms with Crippen molar-refractivity contribution >= 4 is 17.0 Å². The van der Waals surface area contributed by atoms with Gasteiger partial charge in [0.15, 0.2) is 11.5 Å². The highest BCUT2D eigenvalue weighted by Gasteiger charge is 2.32. The second-order valence-corrected chi connectivity index (χ2v) is 5.02. The van der Waals surface area contributed by atoms with E-state index in [-0.39, 0.29) is 18.8 Å². The van der Waals surface area contributed by atoms with Crippen LogP contribution in [0.5, 0.6) is 0 Å². The number of hydrogen-bond donors (Lipinski definition) is 2.